The number of carbonyl (C=O) groups is 1. The Bertz CT molecular complexity index is 626. The van der Waals surface area contributed by atoms with Crippen LogP contribution in [0.15, 0.2) is 42.0 Å². The van der Waals surface area contributed by atoms with Gasteiger partial charge < -0.3 is 5.73 Å². The van der Waals surface area contributed by atoms with Gasteiger partial charge in [-0.15, -0.1) is 12.4 Å². The van der Waals surface area contributed by atoms with Gasteiger partial charge in [0.05, 0.1) is 0 Å². The molecule has 0 bridgehead atoms. The van der Waals surface area contributed by atoms with Crippen LogP contribution in [0.1, 0.15) is 11.1 Å². The standard InChI is InChI=1S/C14H11NO.ClH/c15-14(16)12-7-10-5-1-3-9-4-2-6-11(8-12)13(9)10;/h1-7H,8H2,(H2,15,16);1H. The summed E-state index contributed by atoms with van der Waals surface area (Å²) >= 11 is 0. The van der Waals surface area contributed by atoms with Crippen LogP contribution in [0, 0.1) is 0 Å². The topological polar surface area (TPSA) is 43.1 Å². The van der Waals surface area contributed by atoms with Gasteiger partial charge in [-0.05, 0) is 28.0 Å². The predicted molar refractivity (Wildman–Crippen MR) is 72.1 cm³/mol. The van der Waals surface area contributed by atoms with Crippen LogP contribution in [0.3, 0.4) is 0 Å². The Kier molecular flexibility index (Phi) is 2.90. The van der Waals surface area contributed by atoms with E-state index < -0.39 is 0 Å². The number of hydrogen-bond acceptors (Lipinski definition) is 1. The highest BCUT2D eigenvalue weighted by molar-refractivity contribution is 6.04. The normalized spacial score (nSPS) is 12.8. The minimum atomic E-state index is -0.327. The molecule has 0 heterocycles. The van der Waals surface area contributed by atoms with Crippen molar-refractivity contribution < 1.29 is 4.79 Å². The van der Waals surface area contributed by atoms with Crippen LogP contribution >= 0.6 is 12.4 Å². The molecule has 86 valence electrons. The van der Waals surface area contributed by atoms with Crippen LogP contribution in [0.25, 0.3) is 16.8 Å². The van der Waals surface area contributed by atoms with E-state index in [-0.39, 0.29) is 18.3 Å². The zero-order valence-electron chi connectivity index (χ0n) is 9.14. The fourth-order valence-electron chi connectivity index (χ4n) is 2.32. The molecule has 0 spiro atoms. The summed E-state index contributed by atoms with van der Waals surface area (Å²) < 4.78 is 0. The van der Waals surface area contributed by atoms with Gasteiger partial charge >= 0.3 is 0 Å². The SMILES string of the molecule is Cl.NC(=O)C1=Cc2cccc3cccc(c23)C1. The van der Waals surface area contributed by atoms with E-state index >= 15 is 0 Å². The van der Waals surface area contributed by atoms with Gasteiger partial charge in [-0.1, -0.05) is 36.4 Å². The zero-order valence-corrected chi connectivity index (χ0v) is 9.96. The van der Waals surface area contributed by atoms with E-state index in [9.17, 15) is 4.79 Å². The van der Waals surface area contributed by atoms with E-state index in [0.29, 0.717) is 12.0 Å². The summed E-state index contributed by atoms with van der Waals surface area (Å²) in [5, 5.41) is 2.46. The maximum absolute atomic E-state index is 11.2. The first kappa shape index (κ1) is 11.7. The first-order valence-electron chi connectivity index (χ1n) is 5.27. The van der Waals surface area contributed by atoms with Crippen LogP contribution in [0.4, 0.5) is 0 Å². The van der Waals surface area contributed by atoms with Crippen molar-refractivity contribution >= 4 is 35.2 Å². The van der Waals surface area contributed by atoms with Crippen molar-refractivity contribution in [2.75, 3.05) is 0 Å². The Morgan fingerprint density at radius 2 is 1.82 bits per heavy atom. The molecule has 0 aliphatic heterocycles. The molecule has 0 atom stereocenters. The lowest BCUT2D eigenvalue weighted by molar-refractivity contribution is -0.114. The molecule has 0 unspecified atom stereocenters. The lowest BCUT2D eigenvalue weighted by Gasteiger charge is -2.15. The lowest BCUT2D eigenvalue weighted by Crippen LogP contribution is -2.17. The van der Waals surface area contributed by atoms with E-state index in [2.05, 4.69) is 18.2 Å². The van der Waals surface area contributed by atoms with Crippen LogP contribution < -0.4 is 5.73 Å². The van der Waals surface area contributed by atoms with Crippen molar-refractivity contribution in [1.29, 1.82) is 0 Å². The Labute approximate surface area is 106 Å². The number of hydrogen-bond donors (Lipinski definition) is 1. The number of halogens is 1. The number of amides is 1. The molecule has 0 aromatic heterocycles. The molecule has 2 N–H and O–H groups in total. The second-order valence-corrected chi connectivity index (χ2v) is 4.07. The van der Waals surface area contributed by atoms with Gasteiger partial charge in [0, 0.05) is 12.0 Å². The molecule has 2 nitrogen and oxygen atoms in total. The molecule has 0 saturated carbocycles. The Hall–Kier alpha value is -1.80. The number of carbonyl (C=O) groups excluding carboxylic acids is 1. The molecular formula is C14H12ClNO. The third kappa shape index (κ3) is 1.81. The Morgan fingerprint density at radius 3 is 2.53 bits per heavy atom. The fourth-order valence-corrected chi connectivity index (χ4v) is 2.32. The van der Waals surface area contributed by atoms with E-state index in [1.165, 1.54) is 16.3 Å². The fraction of sp³-hybridized carbons (Fsp3) is 0.0714. The van der Waals surface area contributed by atoms with Gasteiger partial charge in [0.25, 0.3) is 0 Å². The molecular weight excluding hydrogens is 234 g/mol. The van der Waals surface area contributed by atoms with Gasteiger partial charge in [-0.3, -0.25) is 4.79 Å². The number of primary amides is 1. The first-order chi connectivity index (χ1) is 7.75. The molecule has 2 aromatic carbocycles. The second-order valence-electron chi connectivity index (χ2n) is 4.07. The highest BCUT2D eigenvalue weighted by Gasteiger charge is 2.15. The number of benzene rings is 2. The quantitative estimate of drug-likeness (QED) is 0.825. The number of rotatable bonds is 1. The zero-order chi connectivity index (χ0) is 11.1. The van der Waals surface area contributed by atoms with Crippen molar-refractivity contribution in [1.82, 2.24) is 0 Å². The summed E-state index contributed by atoms with van der Waals surface area (Å²) in [7, 11) is 0. The van der Waals surface area contributed by atoms with Crippen LogP contribution in [-0.2, 0) is 11.2 Å². The van der Waals surface area contributed by atoms with E-state index in [0.717, 1.165) is 5.56 Å². The van der Waals surface area contributed by atoms with E-state index in [1.807, 2.05) is 24.3 Å². The van der Waals surface area contributed by atoms with Gasteiger partial charge in [0.2, 0.25) is 5.91 Å². The summed E-state index contributed by atoms with van der Waals surface area (Å²) in [6.45, 7) is 0. The molecule has 1 aliphatic rings. The van der Waals surface area contributed by atoms with Crippen molar-refractivity contribution in [3.8, 4) is 0 Å². The second kappa shape index (κ2) is 4.22. The smallest absolute Gasteiger partial charge is 0.244 e. The molecule has 3 rings (SSSR count). The van der Waals surface area contributed by atoms with Crippen LogP contribution in [-0.4, -0.2) is 5.91 Å². The first-order valence-corrected chi connectivity index (χ1v) is 5.27. The molecule has 2 aromatic rings. The molecule has 17 heavy (non-hydrogen) atoms. The molecule has 0 radical (unpaired) electrons. The summed E-state index contributed by atoms with van der Waals surface area (Å²) in [5.74, 6) is -0.327. The van der Waals surface area contributed by atoms with Crippen LogP contribution in [0.2, 0.25) is 0 Å². The predicted octanol–water partition coefficient (Wildman–Crippen LogP) is 2.69. The van der Waals surface area contributed by atoms with Gasteiger partial charge in [0.15, 0.2) is 0 Å². The number of nitrogens with two attached hydrogens (primary N) is 1. The lowest BCUT2D eigenvalue weighted by atomic mass is 9.89. The van der Waals surface area contributed by atoms with Crippen molar-refractivity contribution in [3.05, 3.63) is 53.1 Å². The molecule has 0 fully saturated rings. The maximum Gasteiger partial charge on any atom is 0.244 e. The van der Waals surface area contributed by atoms with E-state index in [1.54, 1.807) is 0 Å². The van der Waals surface area contributed by atoms with E-state index in [4.69, 9.17) is 5.73 Å². The average Bonchev–Trinajstić information content (AvgIpc) is 2.29. The summed E-state index contributed by atoms with van der Waals surface area (Å²) in [6.07, 6.45) is 2.54. The third-order valence-electron chi connectivity index (χ3n) is 3.05. The van der Waals surface area contributed by atoms with Crippen molar-refractivity contribution in [3.63, 3.8) is 0 Å². The van der Waals surface area contributed by atoms with Gasteiger partial charge in [0.1, 0.15) is 0 Å². The summed E-state index contributed by atoms with van der Waals surface area (Å²) in [6, 6.07) is 12.3. The monoisotopic (exact) mass is 245 g/mol. The molecule has 1 aliphatic carbocycles. The highest BCUT2D eigenvalue weighted by Crippen LogP contribution is 2.30. The third-order valence-corrected chi connectivity index (χ3v) is 3.05. The van der Waals surface area contributed by atoms with Crippen molar-refractivity contribution in [2.45, 2.75) is 6.42 Å². The Morgan fingerprint density at radius 1 is 1.12 bits per heavy atom. The van der Waals surface area contributed by atoms with Crippen molar-refractivity contribution in [2.24, 2.45) is 5.73 Å². The Balaban J connectivity index is 0.00000108. The maximum atomic E-state index is 11.2. The summed E-state index contributed by atoms with van der Waals surface area (Å²) in [4.78, 5) is 11.2. The highest BCUT2D eigenvalue weighted by atomic mass is 35.5. The minimum Gasteiger partial charge on any atom is -0.366 e. The van der Waals surface area contributed by atoms with Crippen LogP contribution in [0.5, 0.6) is 0 Å². The molecule has 0 saturated heterocycles. The van der Waals surface area contributed by atoms with Gasteiger partial charge in [-0.2, -0.15) is 0 Å². The largest absolute Gasteiger partial charge is 0.366 e. The minimum absolute atomic E-state index is 0. The molecule has 3 heteroatoms. The average molecular weight is 246 g/mol. The van der Waals surface area contributed by atoms with Gasteiger partial charge in [-0.25, -0.2) is 0 Å². The summed E-state index contributed by atoms with van der Waals surface area (Å²) in [5.41, 5.74) is 8.31. The molecule has 1 amide bonds.